The number of anilines is 1. The lowest BCUT2D eigenvalue weighted by Crippen LogP contribution is -2.60. The third-order valence-corrected chi connectivity index (χ3v) is 7.20. The van der Waals surface area contributed by atoms with Gasteiger partial charge in [0.15, 0.2) is 0 Å². The van der Waals surface area contributed by atoms with Crippen LogP contribution in [0.4, 0.5) is 10.5 Å². The van der Waals surface area contributed by atoms with Crippen molar-refractivity contribution in [1.29, 1.82) is 0 Å². The Morgan fingerprint density at radius 3 is 2.11 bits per heavy atom. The monoisotopic (exact) mass is 645 g/mol. The number of amides is 3. The number of aliphatic hydroxyl groups excluding tert-OH is 4. The Kier molecular flexibility index (Phi) is 14.4. The molecule has 5 unspecified atom stereocenters. The maximum Gasteiger partial charge on any atom is 0.410 e. The Bertz CT molecular complexity index is 1230. The molecular weight excluding hydrogens is 598 g/mol. The van der Waals surface area contributed by atoms with Crippen LogP contribution in [0.3, 0.4) is 0 Å². The molecule has 1 saturated heterocycles. The molecule has 46 heavy (non-hydrogen) atoms. The van der Waals surface area contributed by atoms with Crippen LogP contribution < -0.4 is 10.4 Å². The summed E-state index contributed by atoms with van der Waals surface area (Å²) in [4.78, 5) is 46.0. The molecule has 3 amide bonds. The number of aliphatic hydroxyl groups is 4. The van der Waals surface area contributed by atoms with Crippen molar-refractivity contribution >= 4 is 23.6 Å². The number of carbonyl (C=O) groups excluding carboxylic acids is 3. The fourth-order valence-electron chi connectivity index (χ4n) is 4.71. The Labute approximate surface area is 269 Å². The van der Waals surface area contributed by atoms with E-state index in [4.69, 9.17) is 14.3 Å². The maximum atomic E-state index is 13.5. The summed E-state index contributed by atoms with van der Waals surface area (Å²) < 4.78 is 11.0. The predicted octanol–water partition coefficient (Wildman–Crippen LogP) is 2.37. The van der Waals surface area contributed by atoms with Gasteiger partial charge in [0, 0.05) is 31.6 Å². The van der Waals surface area contributed by atoms with Crippen LogP contribution in [0.2, 0.25) is 0 Å². The number of para-hydroxylation sites is 1. The van der Waals surface area contributed by atoms with Crippen molar-refractivity contribution in [2.45, 2.75) is 89.2 Å². The number of nitrogens with one attached hydrogen (secondary N) is 1. The standard InChI is InChI=1S/C33H47N3O10/c1-33(2,3)45-32(43)35(20-13-5-4-12-19-34-30(42)23-14-8-6-9-15-23)21-18-26(38)36(24-16-10-7-11-17-24)46-31-29(41)28(40)27(39)25(22-37)44-31/h6-11,14-17,25,27-29,31,37,39-41H,4-5,12-13,18-22H2,1-3H3,(H,34,42). The molecule has 1 aliphatic rings. The van der Waals surface area contributed by atoms with Crippen LogP contribution in [0.5, 0.6) is 0 Å². The lowest BCUT2D eigenvalue weighted by Gasteiger charge is -2.40. The van der Waals surface area contributed by atoms with Gasteiger partial charge in [0.25, 0.3) is 11.8 Å². The van der Waals surface area contributed by atoms with Gasteiger partial charge in [-0.15, -0.1) is 0 Å². The molecule has 0 saturated carbocycles. The quantitative estimate of drug-likeness (QED) is 0.143. The first-order valence-electron chi connectivity index (χ1n) is 15.6. The molecule has 0 bridgehead atoms. The van der Waals surface area contributed by atoms with E-state index in [2.05, 4.69) is 5.32 Å². The van der Waals surface area contributed by atoms with Crippen LogP contribution >= 0.6 is 0 Å². The summed E-state index contributed by atoms with van der Waals surface area (Å²) in [6, 6.07) is 17.3. The van der Waals surface area contributed by atoms with Gasteiger partial charge >= 0.3 is 6.09 Å². The SMILES string of the molecule is CC(C)(C)OC(=O)N(CCCCCCNC(=O)c1ccccc1)CCC(=O)N(OC1OC(CO)C(O)C(O)C1O)c1ccccc1. The van der Waals surface area contributed by atoms with Gasteiger partial charge in [0.1, 0.15) is 30.0 Å². The Hall–Kier alpha value is -3.59. The number of benzene rings is 2. The summed E-state index contributed by atoms with van der Waals surface area (Å²) in [6.07, 6.45) is -5.54. The van der Waals surface area contributed by atoms with E-state index in [1.807, 2.05) is 18.2 Å². The lowest BCUT2D eigenvalue weighted by molar-refractivity contribution is -0.302. The Morgan fingerprint density at radius 2 is 1.48 bits per heavy atom. The van der Waals surface area contributed by atoms with Gasteiger partial charge in [-0.05, 0) is 57.9 Å². The first-order valence-corrected chi connectivity index (χ1v) is 15.6. The molecule has 1 fully saturated rings. The second-order valence-corrected chi connectivity index (χ2v) is 12.1. The van der Waals surface area contributed by atoms with Gasteiger partial charge in [-0.3, -0.25) is 9.59 Å². The fraction of sp³-hybridized carbons (Fsp3) is 0.545. The Balaban J connectivity index is 1.58. The maximum absolute atomic E-state index is 13.5. The molecule has 1 aliphatic heterocycles. The minimum Gasteiger partial charge on any atom is -0.444 e. The topological polar surface area (TPSA) is 178 Å². The molecule has 5 atom stereocenters. The van der Waals surface area contributed by atoms with E-state index in [1.54, 1.807) is 63.2 Å². The number of hydrogen-bond donors (Lipinski definition) is 5. The third kappa shape index (κ3) is 11.3. The van der Waals surface area contributed by atoms with Crippen molar-refractivity contribution < 1.29 is 49.1 Å². The third-order valence-electron chi connectivity index (χ3n) is 7.20. The smallest absolute Gasteiger partial charge is 0.410 e. The average Bonchev–Trinajstić information content (AvgIpc) is 3.04. The second kappa shape index (κ2) is 17.9. The van der Waals surface area contributed by atoms with E-state index in [9.17, 15) is 34.8 Å². The van der Waals surface area contributed by atoms with E-state index in [0.717, 1.165) is 24.3 Å². The molecule has 0 aromatic heterocycles. The number of hydrogen-bond acceptors (Lipinski definition) is 10. The number of rotatable bonds is 15. The highest BCUT2D eigenvalue weighted by Crippen LogP contribution is 2.26. The van der Waals surface area contributed by atoms with Gasteiger partial charge in [0.2, 0.25) is 6.29 Å². The van der Waals surface area contributed by atoms with Crippen molar-refractivity contribution in [3.05, 3.63) is 66.2 Å². The van der Waals surface area contributed by atoms with Gasteiger partial charge in [-0.1, -0.05) is 49.2 Å². The van der Waals surface area contributed by atoms with Gasteiger partial charge in [-0.25, -0.2) is 9.63 Å². The number of hydroxylamine groups is 1. The number of unbranched alkanes of at least 4 members (excludes halogenated alkanes) is 3. The number of carbonyl (C=O) groups is 3. The van der Waals surface area contributed by atoms with Crippen molar-refractivity contribution in [2.75, 3.05) is 31.3 Å². The van der Waals surface area contributed by atoms with Gasteiger partial charge < -0.3 is 40.1 Å². The Morgan fingerprint density at radius 1 is 0.848 bits per heavy atom. The van der Waals surface area contributed by atoms with E-state index in [1.165, 1.54) is 4.90 Å². The van der Waals surface area contributed by atoms with Crippen LogP contribution in [0.25, 0.3) is 0 Å². The molecule has 2 aromatic rings. The highest BCUT2D eigenvalue weighted by Gasteiger charge is 2.45. The van der Waals surface area contributed by atoms with Crippen LogP contribution in [-0.2, 0) is 19.1 Å². The van der Waals surface area contributed by atoms with Crippen molar-refractivity contribution in [1.82, 2.24) is 10.2 Å². The molecule has 5 N–H and O–H groups in total. The largest absolute Gasteiger partial charge is 0.444 e. The zero-order chi connectivity index (χ0) is 33.7. The lowest BCUT2D eigenvalue weighted by atomic mass is 9.99. The molecule has 0 aliphatic carbocycles. The van der Waals surface area contributed by atoms with Crippen LogP contribution in [-0.4, -0.2) is 106 Å². The summed E-state index contributed by atoms with van der Waals surface area (Å²) in [7, 11) is 0. The van der Waals surface area contributed by atoms with Crippen molar-refractivity contribution in [3.63, 3.8) is 0 Å². The van der Waals surface area contributed by atoms with Crippen molar-refractivity contribution in [2.24, 2.45) is 0 Å². The van der Waals surface area contributed by atoms with Gasteiger partial charge in [-0.2, -0.15) is 5.06 Å². The van der Waals surface area contributed by atoms with Crippen LogP contribution in [0.1, 0.15) is 63.2 Å². The average molecular weight is 646 g/mol. The summed E-state index contributed by atoms with van der Waals surface area (Å²) in [5.74, 6) is -0.702. The van der Waals surface area contributed by atoms with E-state index in [0.29, 0.717) is 30.8 Å². The van der Waals surface area contributed by atoms with E-state index >= 15 is 0 Å². The summed E-state index contributed by atoms with van der Waals surface area (Å²) >= 11 is 0. The molecule has 2 aromatic carbocycles. The predicted molar refractivity (Wildman–Crippen MR) is 168 cm³/mol. The first kappa shape index (κ1) is 36.9. The molecule has 254 valence electrons. The first-order chi connectivity index (χ1) is 21.9. The normalized spacial score (nSPS) is 21.3. The highest BCUT2D eigenvalue weighted by molar-refractivity contribution is 5.94. The summed E-state index contributed by atoms with van der Waals surface area (Å²) in [6.45, 7) is 5.47. The molecule has 13 nitrogen and oxygen atoms in total. The highest BCUT2D eigenvalue weighted by atomic mass is 16.8. The fourth-order valence-corrected chi connectivity index (χ4v) is 4.71. The minimum absolute atomic E-state index is 0.00224. The van der Waals surface area contributed by atoms with Crippen LogP contribution in [0.15, 0.2) is 60.7 Å². The molecule has 13 heteroatoms. The van der Waals surface area contributed by atoms with Gasteiger partial charge in [0.05, 0.1) is 12.3 Å². The van der Waals surface area contributed by atoms with E-state index < -0.39 is 54.9 Å². The zero-order valence-electron chi connectivity index (χ0n) is 26.7. The van der Waals surface area contributed by atoms with Crippen LogP contribution in [0, 0.1) is 0 Å². The number of nitrogens with zero attached hydrogens (tertiary/aromatic N) is 2. The van der Waals surface area contributed by atoms with E-state index in [-0.39, 0.29) is 18.9 Å². The molecule has 3 rings (SSSR count). The molecule has 0 spiro atoms. The summed E-state index contributed by atoms with van der Waals surface area (Å²) in [5.41, 5.74) is 0.153. The number of ether oxygens (including phenoxy) is 2. The zero-order valence-corrected chi connectivity index (χ0v) is 26.7. The molecular formula is C33H47N3O10. The summed E-state index contributed by atoms with van der Waals surface area (Å²) in [5, 5.41) is 44.1. The molecule has 1 heterocycles. The molecule has 0 radical (unpaired) electrons. The van der Waals surface area contributed by atoms with Crippen molar-refractivity contribution in [3.8, 4) is 0 Å². The second-order valence-electron chi connectivity index (χ2n) is 12.1. The minimum atomic E-state index is -1.72.